The third-order valence-corrected chi connectivity index (χ3v) is 3.92. The van der Waals surface area contributed by atoms with Gasteiger partial charge in [-0.05, 0) is 41.5 Å². The molecule has 5 nitrogen and oxygen atoms in total. The summed E-state index contributed by atoms with van der Waals surface area (Å²) in [4.78, 5) is 12.0. The Labute approximate surface area is 153 Å². The third kappa shape index (κ3) is 5.10. The van der Waals surface area contributed by atoms with Gasteiger partial charge in [-0.2, -0.15) is 18.3 Å². The van der Waals surface area contributed by atoms with Crippen LogP contribution in [0.4, 0.5) is 23.7 Å². The zero-order chi connectivity index (χ0) is 19.3. The van der Waals surface area contributed by atoms with Crippen molar-refractivity contribution >= 4 is 11.7 Å². The summed E-state index contributed by atoms with van der Waals surface area (Å²) in [7, 11) is 0. The first-order valence-electron chi connectivity index (χ1n) is 8.18. The lowest BCUT2D eigenvalue weighted by atomic mass is 10.1. The first-order valence-corrected chi connectivity index (χ1v) is 8.18. The van der Waals surface area contributed by atoms with Crippen molar-refractivity contribution in [3.63, 3.8) is 0 Å². The van der Waals surface area contributed by atoms with Crippen LogP contribution in [-0.2, 0) is 19.3 Å². The second-order valence-corrected chi connectivity index (χ2v) is 5.86. The lowest BCUT2D eigenvalue weighted by molar-refractivity contribution is -0.137. The summed E-state index contributed by atoms with van der Waals surface area (Å²) in [5.74, 6) is 0. The summed E-state index contributed by atoms with van der Waals surface area (Å²) in [6.07, 6.45) is -0.862. The van der Waals surface area contributed by atoms with E-state index in [0.29, 0.717) is 6.54 Å². The molecule has 2 amide bonds. The van der Waals surface area contributed by atoms with Crippen LogP contribution in [0.25, 0.3) is 0 Å². The molecule has 0 atom stereocenters. The van der Waals surface area contributed by atoms with E-state index in [2.05, 4.69) is 15.7 Å². The lowest BCUT2D eigenvalue weighted by Gasteiger charge is -2.12. The Bertz CT molecular complexity index is 890. The molecular formula is C19H17F3N4O. The molecule has 2 N–H and O–H groups in total. The van der Waals surface area contributed by atoms with E-state index in [0.717, 1.165) is 23.3 Å². The number of nitrogens with zero attached hydrogens (tertiary/aromatic N) is 2. The van der Waals surface area contributed by atoms with Gasteiger partial charge in [-0.25, -0.2) is 4.79 Å². The summed E-state index contributed by atoms with van der Waals surface area (Å²) in [5.41, 5.74) is 1.46. The SMILES string of the molecule is O=C(NCc1ccccc1Cn1cccn1)Nc1ccc(C(F)(F)F)cc1. The molecule has 0 aliphatic carbocycles. The van der Waals surface area contributed by atoms with Crippen molar-refractivity contribution in [1.29, 1.82) is 0 Å². The van der Waals surface area contributed by atoms with Gasteiger partial charge in [-0.3, -0.25) is 4.68 Å². The normalized spacial score (nSPS) is 11.2. The average Bonchev–Trinajstić information content (AvgIpc) is 3.14. The summed E-state index contributed by atoms with van der Waals surface area (Å²) in [6.45, 7) is 0.856. The number of alkyl halides is 3. The number of halogens is 3. The van der Waals surface area contributed by atoms with Crippen LogP contribution in [0.1, 0.15) is 16.7 Å². The largest absolute Gasteiger partial charge is 0.416 e. The predicted octanol–water partition coefficient (Wildman–Crippen LogP) is 4.27. The van der Waals surface area contributed by atoms with Gasteiger partial charge in [0.15, 0.2) is 0 Å². The number of benzene rings is 2. The number of urea groups is 1. The van der Waals surface area contributed by atoms with Crippen LogP contribution in [-0.4, -0.2) is 15.8 Å². The van der Waals surface area contributed by atoms with Gasteiger partial charge in [-0.15, -0.1) is 0 Å². The quantitative estimate of drug-likeness (QED) is 0.701. The molecule has 0 aliphatic heterocycles. The van der Waals surface area contributed by atoms with E-state index >= 15 is 0 Å². The molecule has 0 saturated carbocycles. The van der Waals surface area contributed by atoms with E-state index < -0.39 is 17.8 Å². The highest BCUT2D eigenvalue weighted by molar-refractivity contribution is 5.89. The highest BCUT2D eigenvalue weighted by Gasteiger charge is 2.29. The smallest absolute Gasteiger partial charge is 0.334 e. The van der Waals surface area contributed by atoms with Crippen LogP contribution in [0.5, 0.6) is 0 Å². The summed E-state index contributed by atoms with van der Waals surface area (Å²) >= 11 is 0. The summed E-state index contributed by atoms with van der Waals surface area (Å²) in [6, 6.07) is 13.2. The van der Waals surface area contributed by atoms with Crippen LogP contribution < -0.4 is 10.6 Å². The maximum Gasteiger partial charge on any atom is 0.416 e. The van der Waals surface area contributed by atoms with E-state index in [4.69, 9.17) is 0 Å². The number of carbonyl (C=O) groups is 1. The van der Waals surface area contributed by atoms with E-state index in [1.165, 1.54) is 12.1 Å². The summed E-state index contributed by atoms with van der Waals surface area (Å²) in [5, 5.41) is 9.40. The topological polar surface area (TPSA) is 59.0 Å². The van der Waals surface area contributed by atoms with Crippen molar-refractivity contribution in [2.75, 3.05) is 5.32 Å². The molecule has 0 unspecified atom stereocenters. The maximum atomic E-state index is 12.6. The zero-order valence-electron chi connectivity index (χ0n) is 14.2. The molecule has 27 heavy (non-hydrogen) atoms. The average molecular weight is 374 g/mol. The minimum atomic E-state index is -4.40. The number of hydrogen-bond acceptors (Lipinski definition) is 2. The second-order valence-electron chi connectivity index (χ2n) is 5.86. The highest BCUT2D eigenvalue weighted by Crippen LogP contribution is 2.29. The first kappa shape index (κ1) is 18.5. The minimum Gasteiger partial charge on any atom is -0.334 e. The minimum absolute atomic E-state index is 0.282. The fourth-order valence-electron chi connectivity index (χ4n) is 2.55. The molecule has 0 aliphatic rings. The van der Waals surface area contributed by atoms with Gasteiger partial charge in [0.2, 0.25) is 0 Å². The Morgan fingerprint density at radius 1 is 1.00 bits per heavy atom. The van der Waals surface area contributed by atoms with Gasteiger partial charge in [0, 0.05) is 24.6 Å². The van der Waals surface area contributed by atoms with E-state index in [-0.39, 0.29) is 12.2 Å². The van der Waals surface area contributed by atoms with Crippen LogP contribution in [0.15, 0.2) is 67.0 Å². The van der Waals surface area contributed by atoms with Gasteiger partial charge in [0.25, 0.3) is 0 Å². The van der Waals surface area contributed by atoms with Crippen molar-refractivity contribution in [3.05, 3.63) is 83.7 Å². The number of hydrogen-bond donors (Lipinski definition) is 2. The van der Waals surface area contributed by atoms with Crippen LogP contribution >= 0.6 is 0 Å². The molecule has 140 valence electrons. The van der Waals surface area contributed by atoms with Crippen molar-refractivity contribution in [2.24, 2.45) is 0 Å². The van der Waals surface area contributed by atoms with Crippen LogP contribution in [0, 0.1) is 0 Å². The van der Waals surface area contributed by atoms with Gasteiger partial charge < -0.3 is 10.6 Å². The zero-order valence-corrected chi connectivity index (χ0v) is 14.2. The molecular weight excluding hydrogens is 357 g/mol. The van der Waals surface area contributed by atoms with E-state index in [1.807, 2.05) is 36.5 Å². The Balaban J connectivity index is 1.58. The highest BCUT2D eigenvalue weighted by atomic mass is 19.4. The Hall–Kier alpha value is -3.29. The van der Waals surface area contributed by atoms with Crippen molar-refractivity contribution in [1.82, 2.24) is 15.1 Å². The number of rotatable bonds is 5. The molecule has 8 heteroatoms. The standard InChI is InChI=1S/C19H17F3N4O/c20-19(21,22)16-6-8-17(9-7-16)25-18(27)23-12-14-4-1-2-5-15(14)13-26-11-3-10-24-26/h1-11H,12-13H2,(H2,23,25,27). The third-order valence-electron chi connectivity index (χ3n) is 3.92. The van der Waals surface area contributed by atoms with E-state index in [1.54, 1.807) is 10.9 Å². The second kappa shape index (κ2) is 7.94. The van der Waals surface area contributed by atoms with Gasteiger partial charge in [-0.1, -0.05) is 24.3 Å². The van der Waals surface area contributed by atoms with Gasteiger partial charge >= 0.3 is 12.2 Å². The molecule has 0 spiro atoms. The molecule has 0 saturated heterocycles. The van der Waals surface area contributed by atoms with Crippen LogP contribution in [0.2, 0.25) is 0 Å². The molecule has 1 aromatic heterocycles. The molecule has 2 aromatic carbocycles. The number of nitrogens with one attached hydrogen (secondary N) is 2. The molecule has 3 rings (SSSR count). The Morgan fingerprint density at radius 2 is 1.70 bits per heavy atom. The van der Waals surface area contributed by atoms with E-state index in [9.17, 15) is 18.0 Å². The Morgan fingerprint density at radius 3 is 2.33 bits per heavy atom. The lowest BCUT2D eigenvalue weighted by Crippen LogP contribution is -2.28. The fraction of sp³-hybridized carbons (Fsp3) is 0.158. The van der Waals surface area contributed by atoms with Crippen molar-refractivity contribution < 1.29 is 18.0 Å². The first-order chi connectivity index (χ1) is 12.9. The molecule has 0 radical (unpaired) electrons. The molecule has 0 fully saturated rings. The van der Waals surface area contributed by atoms with Gasteiger partial charge in [0.05, 0.1) is 12.1 Å². The molecule has 1 heterocycles. The van der Waals surface area contributed by atoms with Crippen molar-refractivity contribution in [2.45, 2.75) is 19.3 Å². The monoisotopic (exact) mass is 374 g/mol. The Kier molecular flexibility index (Phi) is 5.44. The fourth-order valence-corrected chi connectivity index (χ4v) is 2.55. The molecule has 0 bridgehead atoms. The summed E-state index contributed by atoms with van der Waals surface area (Å²) < 4.78 is 39.5. The number of carbonyl (C=O) groups excluding carboxylic acids is 1. The van der Waals surface area contributed by atoms with Crippen LogP contribution in [0.3, 0.4) is 0 Å². The number of amides is 2. The number of aromatic nitrogens is 2. The maximum absolute atomic E-state index is 12.6. The van der Waals surface area contributed by atoms with Crippen molar-refractivity contribution in [3.8, 4) is 0 Å². The van der Waals surface area contributed by atoms with Gasteiger partial charge in [0.1, 0.15) is 0 Å². The predicted molar refractivity (Wildman–Crippen MR) is 95.1 cm³/mol. The number of anilines is 1. The molecule has 3 aromatic rings.